The minimum atomic E-state index is -3.27. The molecule has 0 amide bonds. The van der Waals surface area contributed by atoms with Crippen molar-refractivity contribution in [2.75, 3.05) is 18.1 Å². The van der Waals surface area contributed by atoms with E-state index in [-0.39, 0.29) is 6.10 Å². The van der Waals surface area contributed by atoms with E-state index in [0.717, 1.165) is 19.1 Å². The summed E-state index contributed by atoms with van der Waals surface area (Å²) in [5, 5.41) is 0. The maximum Gasteiger partial charge on any atom is 0.229 e. The molecule has 2 rings (SSSR count). The van der Waals surface area contributed by atoms with Gasteiger partial charge in [-0.15, -0.1) is 0 Å². The second-order valence-electron chi connectivity index (χ2n) is 4.06. The predicted octanol–water partition coefficient (Wildman–Crippen LogP) is 1.61. The van der Waals surface area contributed by atoms with Crippen LogP contribution in [0.4, 0.5) is 5.69 Å². The van der Waals surface area contributed by atoms with Gasteiger partial charge in [0.1, 0.15) is 0 Å². The van der Waals surface area contributed by atoms with Crippen LogP contribution in [0, 0.1) is 0 Å². The molecule has 1 aliphatic rings. The molecule has 1 fully saturated rings. The summed E-state index contributed by atoms with van der Waals surface area (Å²) < 4.78 is 35.4. The van der Waals surface area contributed by atoms with Gasteiger partial charge in [-0.25, -0.2) is 8.42 Å². The van der Waals surface area contributed by atoms with Crippen molar-refractivity contribution in [3.8, 4) is 11.5 Å². The highest BCUT2D eigenvalue weighted by molar-refractivity contribution is 7.92. The van der Waals surface area contributed by atoms with Crippen LogP contribution in [0.1, 0.15) is 12.8 Å². The Morgan fingerprint density at radius 2 is 2.00 bits per heavy atom. The van der Waals surface area contributed by atoms with Crippen molar-refractivity contribution in [1.29, 1.82) is 0 Å². The first-order valence-corrected chi connectivity index (χ1v) is 7.19. The van der Waals surface area contributed by atoms with Crippen LogP contribution in [0.25, 0.3) is 0 Å². The number of hydrogen-bond donors (Lipinski definition) is 1. The average molecular weight is 257 g/mol. The van der Waals surface area contributed by atoms with E-state index >= 15 is 0 Å². The SMILES string of the molecule is COc1ccc(NS(C)(=O)=O)cc1OC1CC1. The Labute approximate surface area is 101 Å². The average Bonchev–Trinajstić information content (AvgIpc) is 3.00. The molecule has 0 spiro atoms. The van der Waals surface area contributed by atoms with Gasteiger partial charge in [-0.05, 0) is 25.0 Å². The van der Waals surface area contributed by atoms with Crippen LogP contribution in [-0.2, 0) is 10.0 Å². The van der Waals surface area contributed by atoms with E-state index in [1.807, 2.05) is 0 Å². The van der Waals surface area contributed by atoms with Crippen LogP contribution in [0.15, 0.2) is 18.2 Å². The fourth-order valence-electron chi connectivity index (χ4n) is 1.41. The van der Waals surface area contributed by atoms with Crippen LogP contribution in [0.2, 0.25) is 0 Å². The summed E-state index contributed by atoms with van der Waals surface area (Å²) in [5.74, 6) is 1.18. The summed E-state index contributed by atoms with van der Waals surface area (Å²) in [6.07, 6.45) is 3.41. The van der Waals surface area contributed by atoms with E-state index < -0.39 is 10.0 Å². The van der Waals surface area contributed by atoms with E-state index in [2.05, 4.69) is 4.72 Å². The van der Waals surface area contributed by atoms with Crippen molar-refractivity contribution in [3.05, 3.63) is 18.2 Å². The zero-order valence-electron chi connectivity index (χ0n) is 9.76. The number of anilines is 1. The van der Waals surface area contributed by atoms with E-state index in [9.17, 15) is 8.42 Å². The van der Waals surface area contributed by atoms with E-state index in [4.69, 9.17) is 9.47 Å². The summed E-state index contributed by atoms with van der Waals surface area (Å²) in [4.78, 5) is 0. The first kappa shape index (κ1) is 12.0. The molecule has 0 bridgehead atoms. The fraction of sp³-hybridized carbons (Fsp3) is 0.455. The van der Waals surface area contributed by atoms with Gasteiger partial charge in [0.25, 0.3) is 0 Å². The summed E-state index contributed by atoms with van der Waals surface area (Å²) in [7, 11) is -1.72. The van der Waals surface area contributed by atoms with Gasteiger partial charge in [0, 0.05) is 6.07 Å². The molecule has 94 valence electrons. The van der Waals surface area contributed by atoms with Gasteiger partial charge in [-0.1, -0.05) is 0 Å². The minimum Gasteiger partial charge on any atom is -0.493 e. The molecule has 17 heavy (non-hydrogen) atoms. The predicted molar refractivity (Wildman–Crippen MR) is 65.1 cm³/mol. The maximum atomic E-state index is 11.1. The van der Waals surface area contributed by atoms with E-state index in [1.165, 1.54) is 0 Å². The maximum absolute atomic E-state index is 11.1. The molecule has 6 heteroatoms. The van der Waals surface area contributed by atoms with Crippen LogP contribution in [0.3, 0.4) is 0 Å². The number of benzene rings is 1. The Morgan fingerprint density at radius 3 is 2.53 bits per heavy atom. The molecule has 0 unspecified atom stereocenters. The molecule has 0 aliphatic heterocycles. The first-order valence-electron chi connectivity index (χ1n) is 5.30. The van der Waals surface area contributed by atoms with Gasteiger partial charge in [0.15, 0.2) is 11.5 Å². The lowest BCUT2D eigenvalue weighted by Crippen LogP contribution is -2.09. The van der Waals surface area contributed by atoms with Gasteiger partial charge in [-0.2, -0.15) is 0 Å². The van der Waals surface area contributed by atoms with Crippen LogP contribution in [0.5, 0.6) is 11.5 Å². The molecule has 1 saturated carbocycles. The van der Waals surface area contributed by atoms with Crippen molar-refractivity contribution in [2.24, 2.45) is 0 Å². The summed E-state index contributed by atoms with van der Waals surface area (Å²) in [6, 6.07) is 4.96. The number of sulfonamides is 1. The lowest BCUT2D eigenvalue weighted by Gasteiger charge is -2.12. The van der Waals surface area contributed by atoms with Gasteiger partial charge in [0.05, 0.1) is 25.2 Å². The molecule has 1 aromatic rings. The highest BCUT2D eigenvalue weighted by Gasteiger charge is 2.25. The molecule has 0 saturated heterocycles. The first-order chi connectivity index (χ1) is 7.98. The molecule has 1 aliphatic carbocycles. The third-order valence-corrected chi connectivity index (χ3v) is 2.89. The van der Waals surface area contributed by atoms with Crippen LogP contribution >= 0.6 is 0 Å². The smallest absolute Gasteiger partial charge is 0.229 e. The monoisotopic (exact) mass is 257 g/mol. The second-order valence-corrected chi connectivity index (χ2v) is 5.81. The van der Waals surface area contributed by atoms with Gasteiger partial charge in [0.2, 0.25) is 10.0 Å². The number of methoxy groups -OCH3 is 1. The fourth-order valence-corrected chi connectivity index (χ4v) is 1.97. The van der Waals surface area contributed by atoms with Gasteiger partial charge in [-0.3, -0.25) is 4.72 Å². The Morgan fingerprint density at radius 1 is 1.29 bits per heavy atom. The standard InChI is InChI=1S/C11H15NO4S/c1-15-10-6-3-8(12-17(2,13)14)7-11(10)16-9-4-5-9/h3,6-7,9,12H,4-5H2,1-2H3. The lowest BCUT2D eigenvalue weighted by atomic mass is 10.3. The topological polar surface area (TPSA) is 64.6 Å². The number of nitrogens with one attached hydrogen (secondary N) is 1. The number of rotatable bonds is 5. The quantitative estimate of drug-likeness (QED) is 0.870. The molecule has 1 N–H and O–H groups in total. The summed E-state index contributed by atoms with van der Waals surface area (Å²) in [6.45, 7) is 0. The molecule has 0 heterocycles. The van der Waals surface area contributed by atoms with Crippen LogP contribution in [-0.4, -0.2) is 27.9 Å². The summed E-state index contributed by atoms with van der Waals surface area (Å²) >= 11 is 0. The number of hydrogen-bond acceptors (Lipinski definition) is 4. The third kappa shape index (κ3) is 3.52. The van der Waals surface area contributed by atoms with E-state index in [0.29, 0.717) is 17.2 Å². The molecule has 0 aromatic heterocycles. The van der Waals surface area contributed by atoms with E-state index in [1.54, 1.807) is 25.3 Å². The lowest BCUT2D eigenvalue weighted by molar-refractivity contribution is 0.282. The molecule has 0 atom stereocenters. The highest BCUT2D eigenvalue weighted by atomic mass is 32.2. The normalized spacial score (nSPS) is 15.4. The molecule has 0 radical (unpaired) electrons. The van der Waals surface area contributed by atoms with Crippen molar-refractivity contribution in [2.45, 2.75) is 18.9 Å². The molecule has 5 nitrogen and oxygen atoms in total. The second kappa shape index (κ2) is 4.44. The number of ether oxygens (including phenoxy) is 2. The largest absolute Gasteiger partial charge is 0.493 e. The van der Waals surface area contributed by atoms with Crippen molar-refractivity contribution >= 4 is 15.7 Å². The van der Waals surface area contributed by atoms with Crippen molar-refractivity contribution < 1.29 is 17.9 Å². The Hall–Kier alpha value is -1.43. The van der Waals surface area contributed by atoms with Crippen LogP contribution < -0.4 is 14.2 Å². The minimum absolute atomic E-state index is 0.234. The highest BCUT2D eigenvalue weighted by Crippen LogP contribution is 2.35. The van der Waals surface area contributed by atoms with Crippen molar-refractivity contribution in [3.63, 3.8) is 0 Å². The zero-order chi connectivity index (χ0) is 12.5. The van der Waals surface area contributed by atoms with Gasteiger partial charge >= 0.3 is 0 Å². The molecule has 1 aromatic carbocycles. The zero-order valence-corrected chi connectivity index (χ0v) is 10.6. The molecular weight excluding hydrogens is 242 g/mol. The Bertz CT molecular complexity index is 508. The Balaban J connectivity index is 2.23. The molecular formula is C11H15NO4S. The summed E-state index contributed by atoms with van der Waals surface area (Å²) in [5.41, 5.74) is 0.476. The van der Waals surface area contributed by atoms with Gasteiger partial charge < -0.3 is 9.47 Å². The Kier molecular flexibility index (Phi) is 3.15. The third-order valence-electron chi connectivity index (χ3n) is 2.28. The van der Waals surface area contributed by atoms with Crippen molar-refractivity contribution in [1.82, 2.24) is 0 Å².